The molecule has 0 saturated carbocycles. The van der Waals surface area contributed by atoms with Crippen molar-refractivity contribution in [1.29, 1.82) is 0 Å². The first-order valence-corrected chi connectivity index (χ1v) is 5.40. The third-order valence-electron chi connectivity index (χ3n) is 2.54. The van der Waals surface area contributed by atoms with Gasteiger partial charge in [-0.05, 0) is 30.7 Å². The second-order valence-electron chi connectivity index (χ2n) is 3.92. The van der Waals surface area contributed by atoms with Crippen LogP contribution >= 0.6 is 0 Å². The quantitative estimate of drug-likeness (QED) is 0.894. The van der Waals surface area contributed by atoms with Crippen LogP contribution in [-0.2, 0) is 0 Å². The molecule has 0 fully saturated rings. The van der Waals surface area contributed by atoms with Crippen LogP contribution in [0.15, 0.2) is 30.5 Å². The summed E-state index contributed by atoms with van der Waals surface area (Å²) in [6.07, 6.45) is 1.20. The highest BCUT2D eigenvalue weighted by Crippen LogP contribution is 2.25. The SMILES string of the molecule is Cc1ccc(F)c(Nc2ccc(C(=O)O)nc2)c1F. The smallest absolute Gasteiger partial charge is 0.354 e. The largest absolute Gasteiger partial charge is 0.477 e. The molecule has 2 rings (SSSR count). The number of hydrogen-bond acceptors (Lipinski definition) is 3. The van der Waals surface area contributed by atoms with Crippen LogP contribution < -0.4 is 5.32 Å². The maximum Gasteiger partial charge on any atom is 0.354 e. The first-order valence-electron chi connectivity index (χ1n) is 5.40. The van der Waals surface area contributed by atoms with Gasteiger partial charge in [0, 0.05) is 0 Å². The number of carbonyl (C=O) groups is 1. The Labute approximate surface area is 107 Å². The minimum Gasteiger partial charge on any atom is -0.477 e. The third-order valence-corrected chi connectivity index (χ3v) is 2.54. The molecule has 0 aliphatic carbocycles. The zero-order valence-electron chi connectivity index (χ0n) is 9.95. The van der Waals surface area contributed by atoms with E-state index < -0.39 is 17.6 Å². The summed E-state index contributed by atoms with van der Waals surface area (Å²) < 4.78 is 27.2. The Bertz CT molecular complexity index is 627. The van der Waals surface area contributed by atoms with E-state index in [1.807, 2.05) is 0 Å². The molecule has 1 heterocycles. The van der Waals surface area contributed by atoms with Crippen molar-refractivity contribution in [3.05, 3.63) is 53.4 Å². The van der Waals surface area contributed by atoms with Crippen molar-refractivity contribution in [3.8, 4) is 0 Å². The summed E-state index contributed by atoms with van der Waals surface area (Å²) in [5, 5.41) is 11.2. The lowest BCUT2D eigenvalue weighted by atomic mass is 10.2. The molecule has 0 radical (unpaired) electrons. The Morgan fingerprint density at radius 1 is 1.26 bits per heavy atom. The van der Waals surface area contributed by atoms with Gasteiger partial charge in [-0.1, -0.05) is 6.07 Å². The van der Waals surface area contributed by atoms with Crippen LogP contribution in [0.5, 0.6) is 0 Å². The number of hydrogen-bond donors (Lipinski definition) is 2. The molecule has 0 bridgehead atoms. The molecule has 2 N–H and O–H groups in total. The van der Waals surface area contributed by atoms with E-state index >= 15 is 0 Å². The number of aromatic nitrogens is 1. The number of anilines is 2. The molecule has 1 aromatic carbocycles. The Hall–Kier alpha value is -2.50. The van der Waals surface area contributed by atoms with Gasteiger partial charge in [0.2, 0.25) is 0 Å². The highest BCUT2D eigenvalue weighted by Gasteiger charge is 2.12. The van der Waals surface area contributed by atoms with E-state index in [0.29, 0.717) is 11.3 Å². The molecule has 19 heavy (non-hydrogen) atoms. The summed E-state index contributed by atoms with van der Waals surface area (Å²) in [6.45, 7) is 1.52. The van der Waals surface area contributed by atoms with Gasteiger partial charge in [-0.2, -0.15) is 0 Å². The number of aryl methyl sites for hydroxylation is 1. The lowest BCUT2D eigenvalue weighted by molar-refractivity contribution is 0.0690. The van der Waals surface area contributed by atoms with E-state index in [1.165, 1.54) is 31.3 Å². The zero-order chi connectivity index (χ0) is 14.0. The first-order chi connectivity index (χ1) is 8.99. The molecule has 0 saturated heterocycles. The van der Waals surface area contributed by atoms with Crippen molar-refractivity contribution < 1.29 is 18.7 Å². The van der Waals surface area contributed by atoms with Crippen LogP contribution in [0.1, 0.15) is 16.1 Å². The number of carboxylic acid groups (broad SMARTS) is 1. The third kappa shape index (κ3) is 2.67. The van der Waals surface area contributed by atoms with Crippen LogP contribution in [0, 0.1) is 18.6 Å². The van der Waals surface area contributed by atoms with Gasteiger partial charge < -0.3 is 10.4 Å². The van der Waals surface area contributed by atoms with E-state index in [2.05, 4.69) is 10.3 Å². The fourth-order valence-corrected chi connectivity index (χ4v) is 1.51. The molecular formula is C13H10F2N2O2. The summed E-state index contributed by atoms with van der Waals surface area (Å²) in [6, 6.07) is 5.12. The van der Waals surface area contributed by atoms with Crippen LogP contribution in [0.4, 0.5) is 20.2 Å². The van der Waals surface area contributed by atoms with Crippen molar-refractivity contribution in [3.63, 3.8) is 0 Å². The summed E-state index contributed by atoms with van der Waals surface area (Å²) in [5.74, 6) is -2.59. The summed E-state index contributed by atoms with van der Waals surface area (Å²) in [7, 11) is 0. The van der Waals surface area contributed by atoms with Crippen molar-refractivity contribution in [2.45, 2.75) is 6.92 Å². The Morgan fingerprint density at radius 2 is 2.00 bits per heavy atom. The van der Waals surface area contributed by atoms with Gasteiger partial charge in [-0.25, -0.2) is 18.6 Å². The van der Waals surface area contributed by atoms with Gasteiger partial charge in [0.1, 0.15) is 17.2 Å². The topological polar surface area (TPSA) is 62.2 Å². The summed E-state index contributed by atoms with van der Waals surface area (Å²) in [4.78, 5) is 14.3. The fraction of sp³-hybridized carbons (Fsp3) is 0.0769. The molecule has 4 nitrogen and oxygen atoms in total. The Kier molecular flexibility index (Phi) is 3.41. The highest BCUT2D eigenvalue weighted by molar-refractivity contribution is 5.85. The normalized spacial score (nSPS) is 10.3. The van der Waals surface area contributed by atoms with Crippen LogP contribution in [0.25, 0.3) is 0 Å². The monoisotopic (exact) mass is 264 g/mol. The van der Waals surface area contributed by atoms with E-state index in [1.54, 1.807) is 0 Å². The number of halogens is 2. The fourth-order valence-electron chi connectivity index (χ4n) is 1.51. The molecule has 0 atom stereocenters. The van der Waals surface area contributed by atoms with Crippen LogP contribution in [-0.4, -0.2) is 16.1 Å². The first kappa shape index (κ1) is 12.9. The van der Waals surface area contributed by atoms with E-state index in [-0.39, 0.29) is 11.4 Å². The number of nitrogens with zero attached hydrogens (tertiary/aromatic N) is 1. The molecule has 0 aliphatic heterocycles. The number of rotatable bonds is 3. The van der Waals surface area contributed by atoms with Crippen molar-refractivity contribution in [2.75, 3.05) is 5.32 Å². The predicted octanol–water partition coefficient (Wildman–Crippen LogP) is 3.11. The number of carboxylic acids is 1. The predicted molar refractivity (Wildman–Crippen MR) is 65.6 cm³/mol. The highest BCUT2D eigenvalue weighted by atomic mass is 19.1. The zero-order valence-corrected chi connectivity index (χ0v) is 9.95. The Balaban J connectivity index is 2.31. The average molecular weight is 264 g/mol. The lowest BCUT2D eigenvalue weighted by Gasteiger charge is -2.10. The maximum absolute atomic E-state index is 13.7. The van der Waals surface area contributed by atoms with Gasteiger partial charge >= 0.3 is 5.97 Å². The number of pyridine rings is 1. The van der Waals surface area contributed by atoms with Gasteiger partial charge in [-0.3, -0.25) is 0 Å². The second kappa shape index (κ2) is 5.01. The molecule has 6 heteroatoms. The Morgan fingerprint density at radius 3 is 2.58 bits per heavy atom. The molecule has 0 aliphatic rings. The summed E-state index contributed by atoms with van der Waals surface area (Å²) >= 11 is 0. The molecule has 0 unspecified atom stereocenters. The van der Waals surface area contributed by atoms with Crippen LogP contribution in [0.3, 0.4) is 0 Å². The van der Waals surface area contributed by atoms with Gasteiger partial charge in [-0.15, -0.1) is 0 Å². The maximum atomic E-state index is 13.7. The average Bonchev–Trinajstić information content (AvgIpc) is 2.40. The summed E-state index contributed by atoms with van der Waals surface area (Å²) in [5.41, 5.74) is 0.174. The van der Waals surface area contributed by atoms with Gasteiger partial charge in [0.15, 0.2) is 5.82 Å². The van der Waals surface area contributed by atoms with Crippen LogP contribution in [0.2, 0.25) is 0 Å². The molecule has 0 spiro atoms. The number of benzene rings is 1. The minimum atomic E-state index is -1.17. The molecule has 0 amide bonds. The van der Waals surface area contributed by atoms with E-state index in [0.717, 1.165) is 6.07 Å². The van der Waals surface area contributed by atoms with E-state index in [9.17, 15) is 13.6 Å². The standard InChI is InChI=1S/C13H10F2N2O2/c1-7-2-4-9(14)12(11(7)15)17-8-3-5-10(13(18)19)16-6-8/h2-6,17H,1H3,(H,18,19). The van der Waals surface area contributed by atoms with Crippen molar-refractivity contribution in [1.82, 2.24) is 4.98 Å². The van der Waals surface area contributed by atoms with Crippen molar-refractivity contribution in [2.24, 2.45) is 0 Å². The van der Waals surface area contributed by atoms with Gasteiger partial charge in [0.25, 0.3) is 0 Å². The minimum absolute atomic E-state index is 0.143. The van der Waals surface area contributed by atoms with Gasteiger partial charge in [0.05, 0.1) is 11.9 Å². The molecule has 2 aromatic rings. The second-order valence-corrected chi connectivity index (χ2v) is 3.92. The number of nitrogens with one attached hydrogen (secondary N) is 1. The molecule has 1 aromatic heterocycles. The van der Waals surface area contributed by atoms with Crippen molar-refractivity contribution >= 4 is 17.3 Å². The lowest BCUT2D eigenvalue weighted by Crippen LogP contribution is -2.02. The number of aromatic carboxylic acids is 1. The van der Waals surface area contributed by atoms with E-state index in [4.69, 9.17) is 5.11 Å². The molecular weight excluding hydrogens is 254 g/mol. The molecule has 98 valence electrons.